The van der Waals surface area contributed by atoms with Gasteiger partial charge in [-0.3, -0.25) is 9.78 Å². The molecule has 6 heteroatoms. The van der Waals surface area contributed by atoms with Gasteiger partial charge in [0.15, 0.2) is 5.82 Å². The summed E-state index contributed by atoms with van der Waals surface area (Å²) in [5, 5.41) is 10.2. The highest BCUT2D eigenvalue weighted by atomic mass is 32.1. The Hall–Kier alpha value is -2.78. The van der Waals surface area contributed by atoms with Crippen molar-refractivity contribution in [1.29, 1.82) is 5.26 Å². The zero-order valence-electron chi connectivity index (χ0n) is 12.9. The molecule has 1 aliphatic carbocycles. The normalized spacial score (nSPS) is 14.4. The maximum Gasteiger partial charge on any atom is 0.260 e. The summed E-state index contributed by atoms with van der Waals surface area (Å²) in [6.07, 6.45) is 9.26. The Bertz CT molecular complexity index is 1040. The van der Waals surface area contributed by atoms with Gasteiger partial charge >= 0.3 is 0 Å². The molecule has 3 aromatic rings. The van der Waals surface area contributed by atoms with E-state index in [-0.39, 0.29) is 5.56 Å². The number of hydrogen-bond donors (Lipinski definition) is 1. The average molecular weight is 334 g/mol. The monoisotopic (exact) mass is 334 g/mol. The second-order valence-corrected chi connectivity index (χ2v) is 6.85. The van der Waals surface area contributed by atoms with E-state index < -0.39 is 0 Å². The fourth-order valence-corrected chi connectivity index (χ4v) is 4.34. The topological polar surface area (TPSA) is 82.4 Å². The van der Waals surface area contributed by atoms with Crippen LogP contribution in [-0.4, -0.2) is 15.0 Å². The molecule has 0 radical (unpaired) electrons. The van der Waals surface area contributed by atoms with E-state index in [0.29, 0.717) is 16.8 Å². The number of allylic oxidation sites excluding steroid dienone is 1. The first-order chi connectivity index (χ1) is 11.8. The van der Waals surface area contributed by atoms with Crippen LogP contribution >= 0.6 is 11.3 Å². The Morgan fingerprint density at radius 2 is 2.25 bits per heavy atom. The van der Waals surface area contributed by atoms with Crippen LogP contribution in [-0.2, 0) is 12.8 Å². The number of hydrogen-bond acceptors (Lipinski definition) is 5. The van der Waals surface area contributed by atoms with Crippen LogP contribution in [0.4, 0.5) is 0 Å². The van der Waals surface area contributed by atoms with Crippen LogP contribution in [0.2, 0.25) is 0 Å². The lowest BCUT2D eigenvalue weighted by molar-refractivity contribution is 0.700. The molecule has 0 spiro atoms. The Morgan fingerprint density at radius 3 is 3.04 bits per heavy atom. The van der Waals surface area contributed by atoms with E-state index in [1.807, 2.05) is 6.07 Å². The number of nitrogens with zero attached hydrogens (tertiary/aromatic N) is 3. The van der Waals surface area contributed by atoms with E-state index in [1.165, 1.54) is 4.88 Å². The summed E-state index contributed by atoms with van der Waals surface area (Å²) in [4.78, 5) is 25.9. The summed E-state index contributed by atoms with van der Waals surface area (Å²) in [5.74, 6) is 0.317. The third kappa shape index (κ3) is 2.53. The minimum Gasteiger partial charge on any atom is -0.305 e. The zero-order valence-corrected chi connectivity index (χ0v) is 13.7. The lowest BCUT2D eigenvalue weighted by atomic mass is 9.97. The molecule has 0 aliphatic heterocycles. The van der Waals surface area contributed by atoms with Crippen LogP contribution in [0, 0.1) is 11.3 Å². The number of aromatic nitrogens is 3. The molecule has 0 amide bonds. The van der Waals surface area contributed by atoms with Crippen LogP contribution in [0.25, 0.3) is 21.9 Å². The standard InChI is InChI=1S/C18H14N4OS/c19-9-12(8-11-4-3-7-20-10-11)16-21-17(23)15-13-5-1-2-6-14(13)24-18(15)22-16/h3-4,7-8,10H,1-2,5-6H2,(H,21,22,23). The first-order valence-corrected chi connectivity index (χ1v) is 8.64. The number of H-pyrrole nitrogens is 1. The van der Waals surface area contributed by atoms with Gasteiger partial charge in [0.1, 0.15) is 10.9 Å². The van der Waals surface area contributed by atoms with Gasteiger partial charge in [0.05, 0.1) is 11.0 Å². The number of aromatic amines is 1. The van der Waals surface area contributed by atoms with Crippen LogP contribution in [0.3, 0.4) is 0 Å². The predicted molar refractivity (Wildman–Crippen MR) is 94.6 cm³/mol. The van der Waals surface area contributed by atoms with E-state index in [2.05, 4.69) is 21.0 Å². The van der Waals surface area contributed by atoms with Gasteiger partial charge in [0, 0.05) is 17.3 Å². The Labute approximate surface area is 142 Å². The van der Waals surface area contributed by atoms with Crippen molar-refractivity contribution < 1.29 is 0 Å². The zero-order chi connectivity index (χ0) is 16.5. The summed E-state index contributed by atoms with van der Waals surface area (Å²) in [6.45, 7) is 0. The third-order valence-electron chi connectivity index (χ3n) is 4.20. The number of thiophene rings is 1. The van der Waals surface area contributed by atoms with E-state index in [0.717, 1.165) is 41.6 Å². The summed E-state index contributed by atoms with van der Waals surface area (Å²) in [6, 6.07) is 5.78. The highest BCUT2D eigenvalue weighted by Crippen LogP contribution is 2.33. The van der Waals surface area contributed by atoms with Gasteiger partial charge in [-0.1, -0.05) is 6.07 Å². The highest BCUT2D eigenvalue weighted by molar-refractivity contribution is 7.18. The molecule has 118 valence electrons. The molecule has 3 aromatic heterocycles. The van der Waals surface area contributed by atoms with Gasteiger partial charge in [-0.05, 0) is 49.0 Å². The van der Waals surface area contributed by atoms with Gasteiger partial charge in [0.2, 0.25) is 0 Å². The summed E-state index contributed by atoms with van der Waals surface area (Å²) >= 11 is 1.58. The van der Waals surface area contributed by atoms with Gasteiger partial charge < -0.3 is 4.98 Å². The molecule has 0 saturated heterocycles. The second-order valence-electron chi connectivity index (χ2n) is 5.76. The fourth-order valence-electron chi connectivity index (χ4n) is 3.07. The van der Waals surface area contributed by atoms with Crippen molar-refractivity contribution >= 4 is 33.2 Å². The molecule has 0 aromatic carbocycles. The van der Waals surface area contributed by atoms with E-state index in [4.69, 9.17) is 0 Å². The largest absolute Gasteiger partial charge is 0.305 e. The van der Waals surface area contributed by atoms with Crippen molar-refractivity contribution in [2.24, 2.45) is 0 Å². The fraction of sp³-hybridized carbons (Fsp3) is 0.222. The molecule has 0 saturated carbocycles. The average Bonchev–Trinajstić information content (AvgIpc) is 2.99. The number of nitrogens with one attached hydrogen (secondary N) is 1. The first kappa shape index (κ1) is 14.8. The number of nitriles is 1. The molecule has 0 fully saturated rings. The van der Waals surface area contributed by atoms with Crippen molar-refractivity contribution in [3.05, 3.63) is 56.7 Å². The maximum atomic E-state index is 12.6. The van der Waals surface area contributed by atoms with Crippen molar-refractivity contribution in [2.45, 2.75) is 25.7 Å². The lowest BCUT2D eigenvalue weighted by Gasteiger charge is -2.09. The summed E-state index contributed by atoms with van der Waals surface area (Å²) < 4.78 is 0. The van der Waals surface area contributed by atoms with E-state index in [9.17, 15) is 10.1 Å². The lowest BCUT2D eigenvalue weighted by Crippen LogP contribution is -2.12. The molecule has 5 nitrogen and oxygen atoms in total. The number of fused-ring (bicyclic) bond motifs is 3. The van der Waals surface area contributed by atoms with Gasteiger partial charge in [-0.15, -0.1) is 11.3 Å². The van der Waals surface area contributed by atoms with Crippen molar-refractivity contribution in [3.63, 3.8) is 0 Å². The molecule has 4 rings (SSSR count). The van der Waals surface area contributed by atoms with Crippen LogP contribution in [0.5, 0.6) is 0 Å². The van der Waals surface area contributed by atoms with E-state index in [1.54, 1.807) is 35.9 Å². The molecule has 0 unspecified atom stereocenters. The quantitative estimate of drug-likeness (QED) is 0.729. The minimum absolute atomic E-state index is 0.151. The van der Waals surface area contributed by atoms with Crippen molar-refractivity contribution in [2.75, 3.05) is 0 Å². The Balaban J connectivity index is 1.87. The predicted octanol–water partition coefficient (Wildman–Crippen LogP) is 3.32. The van der Waals surface area contributed by atoms with Crippen molar-refractivity contribution in [1.82, 2.24) is 15.0 Å². The second kappa shape index (κ2) is 6.02. The number of pyridine rings is 1. The van der Waals surface area contributed by atoms with Crippen LogP contribution in [0.15, 0.2) is 29.3 Å². The molecule has 24 heavy (non-hydrogen) atoms. The minimum atomic E-state index is -0.151. The third-order valence-corrected chi connectivity index (χ3v) is 5.38. The number of rotatable bonds is 2. The SMILES string of the molecule is N#CC(=Cc1cccnc1)c1nc2sc3c(c2c(=O)[nH]1)CCCC3. The van der Waals surface area contributed by atoms with Crippen LogP contribution < -0.4 is 5.56 Å². The number of aryl methyl sites for hydroxylation is 2. The molecule has 1 aliphatic rings. The highest BCUT2D eigenvalue weighted by Gasteiger charge is 2.20. The first-order valence-electron chi connectivity index (χ1n) is 7.83. The molecule has 0 bridgehead atoms. The maximum absolute atomic E-state index is 12.6. The van der Waals surface area contributed by atoms with Gasteiger partial charge in [-0.2, -0.15) is 5.26 Å². The Kier molecular flexibility index (Phi) is 3.71. The molecular weight excluding hydrogens is 320 g/mol. The van der Waals surface area contributed by atoms with E-state index >= 15 is 0 Å². The summed E-state index contributed by atoms with van der Waals surface area (Å²) in [5.41, 5.74) is 2.12. The van der Waals surface area contributed by atoms with Gasteiger partial charge in [0.25, 0.3) is 5.56 Å². The molecular formula is C18H14N4OS. The Morgan fingerprint density at radius 1 is 1.38 bits per heavy atom. The van der Waals surface area contributed by atoms with Crippen molar-refractivity contribution in [3.8, 4) is 6.07 Å². The van der Waals surface area contributed by atoms with Crippen LogP contribution in [0.1, 0.15) is 34.7 Å². The summed E-state index contributed by atoms with van der Waals surface area (Å²) in [7, 11) is 0. The molecule has 3 heterocycles. The van der Waals surface area contributed by atoms with Gasteiger partial charge in [-0.25, -0.2) is 4.98 Å². The molecule has 1 N–H and O–H groups in total. The molecule has 0 atom stereocenters. The smallest absolute Gasteiger partial charge is 0.260 e.